The van der Waals surface area contributed by atoms with E-state index in [1.165, 1.54) is 0 Å². The first-order chi connectivity index (χ1) is 7.20. The fourth-order valence-corrected chi connectivity index (χ4v) is 1.52. The van der Waals surface area contributed by atoms with Crippen LogP contribution in [0.5, 0.6) is 0 Å². The third-order valence-corrected chi connectivity index (χ3v) is 2.21. The average Bonchev–Trinajstić information content (AvgIpc) is 2.73. The largest absolute Gasteiger partial charge is 0.396 e. The van der Waals surface area contributed by atoms with Gasteiger partial charge in [0.25, 0.3) is 0 Å². The van der Waals surface area contributed by atoms with Gasteiger partial charge in [-0.2, -0.15) is 5.10 Å². The van der Waals surface area contributed by atoms with E-state index >= 15 is 0 Å². The Morgan fingerprint density at radius 3 is 2.93 bits per heavy atom. The molecule has 0 amide bonds. The van der Waals surface area contributed by atoms with Crippen molar-refractivity contribution in [2.24, 2.45) is 7.05 Å². The lowest BCUT2D eigenvalue weighted by Crippen LogP contribution is -1.86. The van der Waals surface area contributed by atoms with E-state index in [9.17, 15) is 0 Å². The summed E-state index contributed by atoms with van der Waals surface area (Å²) >= 11 is 0. The number of aromatic nitrogens is 3. The summed E-state index contributed by atoms with van der Waals surface area (Å²) in [6, 6.07) is 1.83. The second-order valence-corrected chi connectivity index (χ2v) is 3.45. The predicted octanol–water partition coefficient (Wildman–Crippen LogP) is 0.918. The quantitative estimate of drug-likeness (QED) is 0.812. The molecular weight excluding hydrogens is 194 g/mol. The molecule has 0 fully saturated rings. The highest BCUT2D eigenvalue weighted by atomic mass is 16.5. The van der Waals surface area contributed by atoms with Gasteiger partial charge in [-0.25, -0.2) is 0 Å². The third-order valence-electron chi connectivity index (χ3n) is 2.21. The molecule has 0 aliphatic rings. The summed E-state index contributed by atoms with van der Waals surface area (Å²) in [4.78, 5) is 0. The molecule has 0 spiro atoms. The fraction of sp³-hybridized carbons (Fsp3) is 0.400. The van der Waals surface area contributed by atoms with Crippen molar-refractivity contribution in [3.05, 3.63) is 23.7 Å². The van der Waals surface area contributed by atoms with E-state index in [4.69, 9.17) is 9.63 Å². The first kappa shape index (κ1) is 9.92. The highest BCUT2D eigenvalue weighted by Gasteiger charge is 2.11. The SMILES string of the molecule is Cc1nn(C)cc1-c1cc(CCO)on1. The molecule has 0 radical (unpaired) electrons. The van der Waals surface area contributed by atoms with Gasteiger partial charge in [-0.05, 0) is 6.92 Å². The molecule has 2 aromatic rings. The van der Waals surface area contributed by atoms with Crippen LogP contribution in [-0.2, 0) is 13.5 Å². The second kappa shape index (κ2) is 3.86. The minimum Gasteiger partial charge on any atom is -0.396 e. The van der Waals surface area contributed by atoms with Crippen molar-refractivity contribution in [3.63, 3.8) is 0 Å². The van der Waals surface area contributed by atoms with Crippen molar-refractivity contribution < 1.29 is 9.63 Å². The Morgan fingerprint density at radius 2 is 2.33 bits per heavy atom. The smallest absolute Gasteiger partial charge is 0.139 e. The van der Waals surface area contributed by atoms with E-state index in [1.54, 1.807) is 4.68 Å². The fourth-order valence-electron chi connectivity index (χ4n) is 1.52. The van der Waals surface area contributed by atoms with E-state index < -0.39 is 0 Å². The molecule has 2 aromatic heterocycles. The Morgan fingerprint density at radius 1 is 1.53 bits per heavy atom. The number of hydrogen-bond donors (Lipinski definition) is 1. The standard InChI is InChI=1S/C10H13N3O2/c1-7-9(6-13(2)11-7)10-5-8(3-4-14)15-12-10/h5-6,14H,3-4H2,1-2H3. The van der Waals surface area contributed by atoms with Crippen molar-refractivity contribution in [3.8, 4) is 11.3 Å². The summed E-state index contributed by atoms with van der Waals surface area (Å²) in [6.07, 6.45) is 2.39. The maximum Gasteiger partial charge on any atom is 0.139 e. The summed E-state index contributed by atoms with van der Waals surface area (Å²) < 4.78 is 6.82. The summed E-state index contributed by atoms with van der Waals surface area (Å²) in [5, 5.41) is 16.9. The van der Waals surface area contributed by atoms with Gasteiger partial charge in [0.1, 0.15) is 11.5 Å². The number of aryl methyl sites for hydroxylation is 2. The first-order valence-electron chi connectivity index (χ1n) is 4.78. The first-order valence-corrected chi connectivity index (χ1v) is 4.78. The van der Waals surface area contributed by atoms with Crippen LogP contribution in [0.2, 0.25) is 0 Å². The zero-order valence-corrected chi connectivity index (χ0v) is 8.77. The van der Waals surface area contributed by atoms with Crippen molar-refractivity contribution in [2.75, 3.05) is 6.61 Å². The topological polar surface area (TPSA) is 64.1 Å². The van der Waals surface area contributed by atoms with Crippen molar-refractivity contribution in [2.45, 2.75) is 13.3 Å². The third kappa shape index (κ3) is 1.92. The van der Waals surface area contributed by atoms with E-state index in [1.807, 2.05) is 26.2 Å². The number of aliphatic hydroxyl groups is 1. The highest BCUT2D eigenvalue weighted by molar-refractivity contribution is 5.60. The molecule has 0 bridgehead atoms. The number of rotatable bonds is 3. The van der Waals surface area contributed by atoms with Gasteiger partial charge in [-0.15, -0.1) is 0 Å². The summed E-state index contributed by atoms with van der Waals surface area (Å²) in [6.45, 7) is 2.00. The lowest BCUT2D eigenvalue weighted by molar-refractivity contribution is 0.277. The lowest BCUT2D eigenvalue weighted by atomic mass is 10.2. The number of nitrogens with zero attached hydrogens (tertiary/aromatic N) is 3. The molecule has 0 aliphatic heterocycles. The summed E-state index contributed by atoms with van der Waals surface area (Å²) in [7, 11) is 1.87. The van der Waals surface area contributed by atoms with Crippen LogP contribution in [0, 0.1) is 6.92 Å². The van der Waals surface area contributed by atoms with Crippen LogP contribution in [-0.4, -0.2) is 26.7 Å². The van der Waals surface area contributed by atoms with Crippen LogP contribution in [0.15, 0.2) is 16.8 Å². The maximum absolute atomic E-state index is 8.75. The van der Waals surface area contributed by atoms with E-state index in [0.717, 1.165) is 17.0 Å². The molecule has 0 aliphatic carbocycles. The van der Waals surface area contributed by atoms with Crippen LogP contribution in [0.4, 0.5) is 0 Å². The number of aliphatic hydroxyl groups excluding tert-OH is 1. The lowest BCUT2D eigenvalue weighted by Gasteiger charge is -1.87. The molecule has 0 atom stereocenters. The van der Waals surface area contributed by atoms with Gasteiger partial charge in [0.05, 0.1) is 12.3 Å². The van der Waals surface area contributed by atoms with Crippen LogP contribution in [0.3, 0.4) is 0 Å². The van der Waals surface area contributed by atoms with Gasteiger partial charge in [0.2, 0.25) is 0 Å². The van der Waals surface area contributed by atoms with E-state index in [0.29, 0.717) is 12.2 Å². The van der Waals surface area contributed by atoms with Crippen LogP contribution in [0.1, 0.15) is 11.5 Å². The molecule has 5 heteroatoms. The Balaban J connectivity index is 2.32. The Kier molecular flexibility index (Phi) is 2.55. The minimum atomic E-state index is 0.0701. The highest BCUT2D eigenvalue weighted by Crippen LogP contribution is 2.21. The van der Waals surface area contributed by atoms with Crippen LogP contribution < -0.4 is 0 Å². The summed E-state index contributed by atoms with van der Waals surface area (Å²) in [5.74, 6) is 0.691. The monoisotopic (exact) mass is 207 g/mol. The van der Waals surface area contributed by atoms with Gasteiger partial charge >= 0.3 is 0 Å². The molecular formula is C10H13N3O2. The van der Waals surface area contributed by atoms with Gasteiger partial charge in [0.15, 0.2) is 0 Å². The molecule has 80 valence electrons. The molecule has 15 heavy (non-hydrogen) atoms. The molecule has 0 unspecified atom stereocenters. The minimum absolute atomic E-state index is 0.0701. The van der Waals surface area contributed by atoms with Gasteiger partial charge in [-0.1, -0.05) is 5.16 Å². The zero-order chi connectivity index (χ0) is 10.8. The molecule has 5 nitrogen and oxygen atoms in total. The molecule has 2 heterocycles. The van der Waals surface area contributed by atoms with E-state index in [2.05, 4.69) is 10.3 Å². The number of hydrogen-bond acceptors (Lipinski definition) is 4. The summed E-state index contributed by atoms with van der Waals surface area (Å²) in [5.41, 5.74) is 2.65. The molecule has 0 aromatic carbocycles. The van der Waals surface area contributed by atoms with E-state index in [-0.39, 0.29) is 6.61 Å². The second-order valence-electron chi connectivity index (χ2n) is 3.45. The molecule has 0 saturated carbocycles. The zero-order valence-electron chi connectivity index (χ0n) is 8.77. The Hall–Kier alpha value is -1.62. The van der Waals surface area contributed by atoms with Crippen LogP contribution in [0.25, 0.3) is 11.3 Å². The predicted molar refractivity (Wildman–Crippen MR) is 54.2 cm³/mol. The van der Waals surface area contributed by atoms with Crippen molar-refractivity contribution in [1.29, 1.82) is 0 Å². The molecule has 2 rings (SSSR count). The van der Waals surface area contributed by atoms with Gasteiger partial charge in [-0.3, -0.25) is 4.68 Å². The van der Waals surface area contributed by atoms with Crippen LogP contribution >= 0.6 is 0 Å². The molecule has 0 saturated heterocycles. The normalized spacial score (nSPS) is 10.9. The molecule has 1 N–H and O–H groups in total. The van der Waals surface area contributed by atoms with Crippen molar-refractivity contribution in [1.82, 2.24) is 14.9 Å². The average molecular weight is 207 g/mol. The Bertz CT molecular complexity index is 459. The Labute approximate surface area is 87.3 Å². The van der Waals surface area contributed by atoms with Gasteiger partial charge < -0.3 is 9.63 Å². The maximum atomic E-state index is 8.75. The van der Waals surface area contributed by atoms with Crippen molar-refractivity contribution >= 4 is 0 Å². The van der Waals surface area contributed by atoms with Gasteiger partial charge in [0, 0.05) is 31.3 Å².